The van der Waals surface area contributed by atoms with E-state index < -0.39 is 0 Å². The van der Waals surface area contributed by atoms with Gasteiger partial charge in [-0.3, -0.25) is 0 Å². The molecule has 7 nitrogen and oxygen atoms in total. The zero-order valence-corrected chi connectivity index (χ0v) is 22.0. The third-order valence-electron chi connectivity index (χ3n) is 7.09. The van der Waals surface area contributed by atoms with Crippen LogP contribution in [0, 0.1) is 11.3 Å². The molecule has 4 rings (SSSR count). The Balaban J connectivity index is 1.57. The van der Waals surface area contributed by atoms with E-state index in [-0.39, 0.29) is 5.92 Å². The van der Waals surface area contributed by atoms with Crippen molar-refractivity contribution >= 4 is 22.0 Å². The van der Waals surface area contributed by atoms with Crippen LogP contribution in [0.15, 0.2) is 39.2 Å². The minimum atomic E-state index is -0.00435. The van der Waals surface area contributed by atoms with Crippen molar-refractivity contribution in [1.82, 2.24) is 10.1 Å². The fraction of sp³-hybridized carbons (Fsp3) is 0.519. The average molecular weight is 494 g/mol. The molecule has 2 N–H and O–H groups in total. The number of aromatic nitrogens is 1. The Morgan fingerprint density at radius 2 is 2.20 bits per heavy atom. The van der Waals surface area contributed by atoms with Gasteiger partial charge >= 0.3 is 0 Å². The number of nitrogens with zero attached hydrogens (tertiary/aromatic N) is 4. The van der Waals surface area contributed by atoms with Crippen molar-refractivity contribution < 1.29 is 9.26 Å². The first kappa shape index (κ1) is 25.2. The monoisotopic (exact) mass is 493 g/mol. The zero-order chi connectivity index (χ0) is 24.9. The van der Waals surface area contributed by atoms with E-state index in [2.05, 4.69) is 43.1 Å². The molecule has 0 aromatic carbocycles. The Bertz CT molecular complexity index is 1180. The molecule has 0 amide bonds. The van der Waals surface area contributed by atoms with E-state index in [1.807, 2.05) is 19.1 Å². The number of allylic oxidation sites excluding steroid dienone is 3. The summed E-state index contributed by atoms with van der Waals surface area (Å²) in [4.78, 5) is 8.31. The summed E-state index contributed by atoms with van der Waals surface area (Å²) < 4.78 is 12.0. The predicted molar refractivity (Wildman–Crippen MR) is 141 cm³/mol. The lowest BCUT2D eigenvalue weighted by Crippen LogP contribution is -2.29. The first-order chi connectivity index (χ1) is 16.9. The number of thiophene rings is 1. The Hall–Kier alpha value is -2.89. The molecule has 35 heavy (non-hydrogen) atoms. The third-order valence-corrected chi connectivity index (χ3v) is 8.18. The number of nitrogen functional groups attached to an aromatic ring is 1. The summed E-state index contributed by atoms with van der Waals surface area (Å²) in [5.74, 6) is 1.33. The van der Waals surface area contributed by atoms with Gasteiger partial charge in [-0.1, -0.05) is 23.7 Å². The van der Waals surface area contributed by atoms with E-state index in [4.69, 9.17) is 20.0 Å². The molecule has 2 aromatic rings. The molecule has 2 aliphatic rings. The van der Waals surface area contributed by atoms with Crippen molar-refractivity contribution in [3.63, 3.8) is 0 Å². The average Bonchev–Trinajstić information content (AvgIpc) is 3.58. The molecule has 3 heterocycles. The Morgan fingerprint density at radius 1 is 1.37 bits per heavy atom. The molecule has 2 unspecified atom stereocenters. The number of hydrogen-bond acceptors (Lipinski definition) is 8. The van der Waals surface area contributed by atoms with Crippen molar-refractivity contribution in [3.05, 3.63) is 57.1 Å². The van der Waals surface area contributed by atoms with Gasteiger partial charge in [-0.15, -0.1) is 11.3 Å². The van der Waals surface area contributed by atoms with Gasteiger partial charge in [0.2, 0.25) is 5.88 Å². The quantitative estimate of drug-likeness (QED) is 0.284. The van der Waals surface area contributed by atoms with Gasteiger partial charge in [0.1, 0.15) is 29.1 Å². The van der Waals surface area contributed by atoms with Gasteiger partial charge in [-0.2, -0.15) is 5.26 Å². The number of anilines is 1. The lowest BCUT2D eigenvalue weighted by atomic mass is 9.83. The molecule has 0 spiro atoms. The first-order valence-corrected chi connectivity index (χ1v) is 13.3. The molecular formula is C27H35N5O2S. The normalized spacial score (nSPS) is 21.7. The van der Waals surface area contributed by atoms with Gasteiger partial charge < -0.3 is 19.9 Å². The van der Waals surface area contributed by atoms with Crippen molar-refractivity contribution in [1.29, 1.82) is 5.26 Å². The van der Waals surface area contributed by atoms with E-state index >= 15 is 0 Å². The van der Waals surface area contributed by atoms with Gasteiger partial charge in [0.05, 0.1) is 11.3 Å². The van der Waals surface area contributed by atoms with Crippen molar-refractivity contribution in [2.45, 2.75) is 71.3 Å². The highest BCUT2D eigenvalue weighted by Gasteiger charge is 2.31. The molecule has 0 bridgehead atoms. The summed E-state index contributed by atoms with van der Waals surface area (Å²) in [6.45, 7) is 7.88. The van der Waals surface area contributed by atoms with Crippen LogP contribution in [0.3, 0.4) is 0 Å². The number of hydrogen-bond donors (Lipinski definition) is 1. The molecule has 2 atom stereocenters. The minimum absolute atomic E-state index is 0.00435. The van der Waals surface area contributed by atoms with E-state index in [9.17, 15) is 5.26 Å². The maximum Gasteiger partial charge on any atom is 0.213 e. The van der Waals surface area contributed by atoms with Crippen LogP contribution >= 0.6 is 11.3 Å². The highest BCUT2D eigenvalue weighted by molar-refractivity contribution is 7.16. The molecule has 1 saturated heterocycles. The lowest BCUT2D eigenvalue weighted by molar-refractivity contribution is 0.138. The molecule has 8 heteroatoms. The van der Waals surface area contributed by atoms with Crippen LogP contribution in [-0.2, 0) is 11.2 Å². The first-order valence-electron chi connectivity index (χ1n) is 12.4. The zero-order valence-electron chi connectivity index (χ0n) is 21.1. The molecule has 1 fully saturated rings. The summed E-state index contributed by atoms with van der Waals surface area (Å²) in [7, 11) is 2.15. The number of aryl methyl sites for hydroxylation is 1. The second-order valence-electron chi connectivity index (χ2n) is 9.51. The van der Waals surface area contributed by atoms with Crippen molar-refractivity contribution in [2.75, 3.05) is 25.9 Å². The number of likely N-dealkylation sites (N-methyl/N-ethyl adjacent to an activating group) is 1. The molecule has 0 saturated carbocycles. The van der Waals surface area contributed by atoms with E-state index in [1.54, 1.807) is 0 Å². The Morgan fingerprint density at radius 3 is 2.91 bits per heavy atom. The number of likely N-dealkylation sites (tertiary alicyclic amines) is 1. The molecule has 1 aliphatic heterocycles. The Labute approximate surface area is 212 Å². The number of nitriles is 1. The van der Waals surface area contributed by atoms with Crippen LogP contribution in [0.1, 0.15) is 86.3 Å². The largest absolute Gasteiger partial charge is 0.476 e. The maximum atomic E-state index is 9.66. The van der Waals surface area contributed by atoms with Crippen LogP contribution in [0.2, 0.25) is 0 Å². The fourth-order valence-electron chi connectivity index (χ4n) is 4.74. The van der Waals surface area contributed by atoms with Crippen LogP contribution in [-0.4, -0.2) is 42.0 Å². The molecule has 186 valence electrons. The van der Waals surface area contributed by atoms with Crippen LogP contribution < -0.4 is 5.73 Å². The van der Waals surface area contributed by atoms with Crippen molar-refractivity contribution in [2.24, 2.45) is 4.99 Å². The molecular weight excluding hydrogens is 458 g/mol. The fourth-order valence-corrected chi connectivity index (χ4v) is 5.87. The minimum Gasteiger partial charge on any atom is -0.476 e. The van der Waals surface area contributed by atoms with Crippen LogP contribution in [0.5, 0.6) is 0 Å². The van der Waals surface area contributed by atoms with E-state index in [0.717, 1.165) is 55.7 Å². The highest BCUT2D eigenvalue weighted by atomic mass is 32.1. The predicted octanol–water partition coefficient (Wildman–Crippen LogP) is 5.78. The molecule has 2 aromatic heterocycles. The summed E-state index contributed by atoms with van der Waals surface area (Å²) in [6.07, 6.45) is 10.2. The third kappa shape index (κ3) is 5.68. The SMILES string of the molecule is CCC(C)=C/C=C(\N=C(/C)c1cc(C2CCCc3sc(N)c(C#N)c32)on1)OCC1CCCN1C. The van der Waals surface area contributed by atoms with Crippen LogP contribution in [0.25, 0.3) is 0 Å². The number of rotatable bonds is 8. The number of nitrogens with two attached hydrogens (primary N) is 1. The number of fused-ring (bicyclic) bond motifs is 1. The molecule has 0 radical (unpaired) electrons. The Kier molecular flexibility index (Phi) is 8.09. The number of ether oxygens (including phenoxy) is 1. The summed E-state index contributed by atoms with van der Waals surface area (Å²) in [6, 6.07) is 4.65. The summed E-state index contributed by atoms with van der Waals surface area (Å²) in [5, 5.41) is 14.6. The second kappa shape index (κ2) is 11.2. The number of aliphatic imine (C=N–C) groups is 1. The maximum absolute atomic E-state index is 9.66. The second-order valence-corrected chi connectivity index (χ2v) is 10.6. The van der Waals surface area contributed by atoms with E-state index in [0.29, 0.717) is 34.8 Å². The highest BCUT2D eigenvalue weighted by Crippen LogP contribution is 2.45. The van der Waals surface area contributed by atoms with Gasteiger partial charge in [-0.05, 0) is 71.5 Å². The van der Waals surface area contributed by atoms with Gasteiger partial charge in [-0.25, -0.2) is 4.99 Å². The smallest absolute Gasteiger partial charge is 0.213 e. The van der Waals surface area contributed by atoms with Gasteiger partial charge in [0.15, 0.2) is 0 Å². The summed E-state index contributed by atoms with van der Waals surface area (Å²) >= 11 is 1.52. The molecule has 1 aliphatic carbocycles. The standard InChI is InChI=1S/C27H35N5O2S/c1-5-17(2)11-12-25(33-16-19-8-7-13-32(19)4)30-18(3)22-14-23(34-31-22)20-9-6-10-24-26(20)21(15-28)27(29)35-24/h11-12,14,19-20H,5-10,13,16,29H2,1-4H3/b17-11?,25-12+,30-18+. The van der Waals surface area contributed by atoms with Crippen molar-refractivity contribution in [3.8, 4) is 6.07 Å². The summed E-state index contributed by atoms with van der Waals surface area (Å²) in [5.41, 5.74) is 10.4. The topological polar surface area (TPSA) is 101 Å². The van der Waals surface area contributed by atoms with Crippen LogP contribution in [0.4, 0.5) is 5.00 Å². The van der Waals surface area contributed by atoms with E-state index in [1.165, 1.54) is 28.2 Å². The van der Waals surface area contributed by atoms with Gasteiger partial charge in [0.25, 0.3) is 0 Å². The van der Waals surface area contributed by atoms with Gasteiger partial charge in [0, 0.05) is 29.0 Å². The lowest BCUT2D eigenvalue weighted by Gasteiger charge is -2.20.